The molecule has 0 radical (unpaired) electrons. The molecule has 1 aliphatic carbocycles. The van der Waals surface area contributed by atoms with Crippen molar-refractivity contribution in [1.82, 2.24) is 10.2 Å². The van der Waals surface area contributed by atoms with Crippen molar-refractivity contribution in [2.24, 2.45) is 0 Å². The number of aryl methyl sites for hydroxylation is 1. The maximum absolute atomic E-state index is 12.3. The van der Waals surface area contributed by atoms with Gasteiger partial charge in [0.15, 0.2) is 0 Å². The number of fused-ring (bicyclic) bond motifs is 1. The van der Waals surface area contributed by atoms with Crippen molar-refractivity contribution in [2.75, 3.05) is 7.05 Å². The maximum Gasteiger partial charge on any atom is 0.318 e. The summed E-state index contributed by atoms with van der Waals surface area (Å²) in [6, 6.07) is 7.82. The lowest BCUT2D eigenvalue weighted by atomic mass is 9.92. The van der Waals surface area contributed by atoms with Crippen LogP contribution in [0, 0.1) is 0 Å². The van der Waals surface area contributed by atoms with Crippen molar-refractivity contribution in [2.45, 2.75) is 38.3 Å². The highest BCUT2D eigenvalue weighted by Crippen LogP contribution is 2.37. The second-order valence-corrected chi connectivity index (χ2v) is 5.53. The molecule has 4 nitrogen and oxygen atoms in total. The number of amides is 2. The number of benzene rings is 1. The minimum absolute atomic E-state index is 0.101. The van der Waals surface area contributed by atoms with E-state index in [1.54, 1.807) is 11.9 Å². The monoisotopic (exact) mass is 272 g/mol. The number of urea groups is 1. The molecule has 0 aliphatic heterocycles. The Balaban J connectivity index is 2.34. The first-order chi connectivity index (χ1) is 9.50. The minimum atomic E-state index is -0.724. The molecule has 1 atom stereocenters. The summed E-state index contributed by atoms with van der Waals surface area (Å²) in [5, 5.41) is 3.00. The average Bonchev–Trinajstić information content (AvgIpc) is 2.78. The van der Waals surface area contributed by atoms with Crippen LogP contribution in [0.3, 0.4) is 0 Å². The van der Waals surface area contributed by atoms with Gasteiger partial charge in [0.1, 0.15) is 5.94 Å². The molecule has 1 unspecified atom stereocenters. The zero-order chi connectivity index (χ0) is 14.8. The number of rotatable bonds is 3. The van der Waals surface area contributed by atoms with Gasteiger partial charge in [0.2, 0.25) is 0 Å². The lowest BCUT2D eigenvalue weighted by Crippen LogP contribution is -2.50. The maximum atomic E-state index is 12.3. The number of carbonyl (C=O) groups excluding carboxylic acids is 2. The van der Waals surface area contributed by atoms with Crippen molar-refractivity contribution in [3.8, 4) is 0 Å². The Morgan fingerprint density at radius 1 is 1.45 bits per heavy atom. The molecular weight excluding hydrogens is 252 g/mol. The lowest BCUT2D eigenvalue weighted by molar-refractivity contribution is 0.187. The van der Waals surface area contributed by atoms with Crippen molar-refractivity contribution in [1.29, 1.82) is 0 Å². The van der Waals surface area contributed by atoms with Gasteiger partial charge < -0.3 is 10.2 Å². The highest BCUT2D eigenvalue weighted by molar-refractivity contribution is 5.77. The number of hydrogen-bond donors (Lipinski definition) is 1. The van der Waals surface area contributed by atoms with Crippen LogP contribution in [0.2, 0.25) is 0 Å². The Hall–Kier alpha value is -2.06. The molecule has 0 saturated carbocycles. The highest BCUT2D eigenvalue weighted by Gasteiger charge is 2.39. The Kier molecular flexibility index (Phi) is 3.96. The Labute approximate surface area is 119 Å². The Morgan fingerprint density at radius 2 is 2.15 bits per heavy atom. The summed E-state index contributed by atoms with van der Waals surface area (Å²) >= 11 is 0. The fraction of sp³-hybridized carbons (Fsp3) is 0.438. The summed E-state index contributed by atoms with van der Waals surface area (Å²) in [4.78, 5) is 24.8. The molecule has 2 amide bonds. The van der Waals surface area contributed by atoms with E-state index in [4.69, 9.17) is 0 Å². The number of hydrogen-bond acceptors (Lipinski definition) is 2. The zero-order valence-corrected chi connectivity index (χ0v) is 12.1. The molecule has 20 heavy (non-hydrogen) atoms. The molecule has 0 aromatic heterocycles. The van der Waals surface area contributed by atoms with Gasteiger partial charge in [0.25, 0.3) is 0 Å². The first-order valence-corrected chi connectivity index (χ1v) is 6.85. The van der Waals surface area contributed by atoms with Crippen LogP contribution < -0.4 is 5.32 Å². The van der Waals surface area contributed by atoms with Gasteiger partial charge in [-0.25, -0.2) is 9.59 Å². The molecule has 0 fully saturated rings. The van der Waals surface area contributed by atoms with Gasteiger partial charge in [0.05, 0.1) is 5.54 Å². The van der Waals surface area contributed by atoms with Crippen LogP contribution in [-0.4, -0.2) is 30.0 Å². The van der Waals surface area contributed by atoms with Crippen molar-refractivity contribution in [3.63, 3.8) is 0 Å². The van der Waals surface area contributed by atoms with Gasteiger partial charge in [-0.3, -0.25) is 0 Å². The Bertz CT molecular complexity index is 561. The SMILES string of the molecule is CC(C)N(C)C(=O)NC1(C=C=O)CCc2ccccc21. The van der Waals surface area contributed by atoms with E-state index >= 15 is 0 Å². The van der Waals surface area contributed by atoms with Gasteiger partial charge >= 0.3 is 6.03 Å². The van der Waals surface area contributed by atoms with Crippen LogP contribution in [0.25, 0.3) is 0 Å². The summed E-state index contributed by atoms with van der Waals surface area (Å²) < 4.78 is 0. The molecule has 2 rings (SSSR count). The van der Waals surface area contributed by atoms with Crippen LogP contribution in [0.5, 0.6) is 0 Å². The minimum Gasteiger partial charge on any atom is -0.325 e. The molecule has 1 aromatic carbocycles. The number of nitrogens with one attached hydrogen (secondary N) is 1. The van der Waals surface area contributed by atoms with E-state index in [1.807, 2.05) is 44.1 Å². The summed E-state index contributed by atoms with van der Waals surface area (Å²) in [5.74, 6) is 1.86. The van der Waals surface area contributed by atoms with Crippen molar-refractivity contribution in [3.05, 3.63) is 41.5 Å². The fourth-order valence-corrected chi connectivity index (χ4v) is 2.57. The van der Waals surface area contributed by atoms with Gasteiger partial charge in [0, 0.05) is 19.2 Å². The molecule has 4 heteroatoms. The molecule has 106 valence electrons. The van der Waals surface area contributed by atoms with E-state index in [1.165, 1.54) is 11.6 Å². The molecule has 0 bridgehead atoms. The third-order valence-electron chi connectivity index (χ3n) is 4.02. The molecule has 1 N–H and O–H groups in total. The highest BCUT2D eigenvalue weighted by atomic mass is 16.2. The van der Waals surface area contributed by atoms with E-state index in [-0.39, 0.29) is 12.1 Å². The van der Waals surface area contributed by atoms with E-state index in [2.05, 4.69) is 5.32 Å². The van der Waals surface area contributed by atoms with Crippen LogP contribution in [0.4, 0.5) is 4.79 Å². The number of nitrogens with zero attached hydrogens (tertiary/aromatic N) is 1. The van der Waals surface area contributed by atoms with E-state index in [0.29, 0.717) is 6.42 Å². The molecule has 1 aliphatic rings. The predicted octanol–water partition coefficient (Wildman–Crippen LogP) is 2.27. The first kappa shape index (κ1) is 14.4. The standard InChI is InChI=1S/C16H20N2O2/c1-12(2)18(3)15(20)17-16(10-11-19)9-8-13-6-4-5-7-14(13)16/h4-7,10,12H,8-9H2,1-3H3,(H,17,20). The summed E-state index contributed by atoms with van der Waals surface area (Å²) in [6.45, 7) is 3.90. The average molecular weight is 272 g/mol. The van der Waals surface area contributed by atoms with E-state index < -0.39 is 5.54 Å². The topological polar surface area (TPSA) is 49.4 Å². The number of carbonyl (C=O) groups is 1. The Morgan fingerprint density at radius 3 is 2.80 bits per heavy atom. The van der Waals surface area contributed by atoms with Gasteiger partial charge in [-0.1, -0.05) is 24.3 Å². The molecule has 0 saturated heterocycles. The zero-order valence-electron chi connectivity index (χ0n) is 12.1. The molecule has 1 aromatic rings. The molecular formula is C16H20N2O2. The third kappa shape index (κ3) is 2.47. The van der Waals surface area contributed by atoms with Crippen molar-refractivity contribution >= 4 is 12.0 Å². The summed E-state index contributed by atoms with van der Waals surface area (Å²) in [5.41, 5.74) is 1.44. The van der Waals surface area contributed by atoms with Crippen LogP contribution in [-0.2, 0) is 16.8 Å². The second kappa shape index (κ2) is 5.51. The second-order valence-electron chi connectivity index (χ2n) is 5.53. The van der Waals surface area contributed by atoms with E-state index in [0.717, 1.165) is 12.0 Å². The van der Waals surface area contributed by atoms with Gasteiger partial charge in [-0.15, -0.1) is 0 Å². The van der Waals surface area contributed by atoms with Gasteiger partial charge in [-0.2, -0.15) is 0 Å². The van der Waals surface area contributed by atoms with E-state index in [9.17, 15) is 9.59 Å². The molecule has 0 spiro atoms. The smallest absolute Gasteiger partial charge is 0.318 e. The van der Waals surface area contributed by atoms with Crippen LogP contribution in [0.1, 0.15) is 31.4 Å². The predicted molar refractivity (Wildman–Crippen MR) is 78.1 cm³/mol. The third-order valence-corrected chi connectivity index (χ3v) is 4.02. The lowest BCUT2D eigenvalue weighted by Gasteiger charge is -2.31. The summed E-state index contributed by atoms with van der Waals surface area (Å²) in [6.07, 6.45) is 2.98. The van der Waals surface area contributed by atoms with Crippen LogP contribution in [0.15, 0.2) is 30.3 Å². The van der Waals surface area contributed by atoms with Gasteiger partial charge in [-0.05, 0) is 37.8 Å². The normalized spacial score (nSPS) is 20.2. The van der Waals surface area contributed by atoms with Crippen LogP contribution >= 0.6 is 0 Å². The summed E-state index contributed by atoms with van der Waals surface area (Å²) in [7, 11) is 1.75. The van der Waals surface area contributed by atoms with Crippen molar-refractivity contribution < 1.29 is 9.59 Å². The molecule has 0 heterocycles. The largest absolute Gasteiger partial charge is 0.325 e. The fourth-order valence-electron chi connectivity index (χ4n) is 2.57. The first-order valence-electron chi connectivity index (χ1n) is 6.85. The quantitative estimate of drug-likeness (QED) is 0.858.